The molecule has 1 heterocycles. The van der Waals surface area contributed by atoms with Gasteiger partial charge in [0.1, 0.15) is 0 Å². The Bertz CT molecular complexity index is 87.1. The zero-order valence-electron chi connectivity index (χ0n) is 5.71. The molecule has 1 saturated heterocycles. The summed E-state index contributed by atoms with van der Waals surface area (Å²) in [5.41, 5.74) is 0. The van der Waals surface area contributed by atoms with Gasteiger partial charge in [-0.15, -0.1) is 0 Å². The molecule has 0 aromatic heterocycles. The Morgan fingerprint density at radius 3 is 3.00 bits per heavy atom. The standard InChI is InChI=1S/C6H13NO2/c1-2-6-5-9-4-3-7(6)8/h6,8H,2-5H2,1H3. The topological polar surface area (TPSA) is 32.7 Å². The lowest BCUT2D eigenvalue weighted by molar-refractivity contribution is -0.181. The fourth-order valence-electron chi connectivity index (χ4n) is 0.975. The first-order chi connectivity index (χ1) is 4.34. The summed E-state index contributed by atoms with van der Waals surface area (Å²) in [6.45, 7) is 4.03. The molecule has 54 valence electrons. The average Bonchev–Trinajstić information content (AvgIpc) is 1.89. The minimum absolute atomic E-state index is 0.221. The van der Waals surface area contributed by atoms with E-state index in [0.29, 0.717) is 19.8 Å². The van der Waals surface area contributed by atoms with E-state index in [1.807, 2.05) is 6.92 Å². The van der Waals surface area contributed by atoms with Crippen LogP contribution in [-0.2, 0) is 4.74 Å². The molecule has 1 unspecified atom stereocenters. The van der Waals surface area contributed by atoms with Gasteiger partial charge in [-0.3, -0.25) is 0 Å². The number of hydroxylamine groups is 2. The molecule has 3 heteroatoms. The number of rotatable bonds is 1. The van der Waals surface area contributed by atoms with Crippen LogP contribution in [0.4, 0.5) is 0 Å². The molecule has 1 N–H and O–H groups in total. The van der Waals surface area contributed by atoms with Gasteiger partial charge in [0.25, 0.3) is 0 Å². The first-order valence-corrected chi connectivity index (χ1v) is 3.38. The van der Waals surface area contributed by atoms with Crippen LogP contribution < -0.4 is 0 Å². The molecule has 3 nitrogen and oxygen atoms in total. The number of nitrogens with zero attached hydrogens (tertiary/aromatic N) is 1. The number of hydrogen-bond acceptors (Lipinski definition) is 3. The minimum Gasteiger partial charge on any atom is -0.378 e. The van der Waals surface area contributed by atoms with Crippen molar-refractivity contribution in [2.75, 3.05) is 19.8 Å². The third-order valence-electron chi connectivity index (χ3n) is 1.67. The minimum atomic E-state index is 0.221. The molecular formula is C6H13NO2. The Morgan fingerprint density at radius 2 is 2.56 bits per heavy atom. The van der Waals surface area contributed by atoms with Crippen molar-refractivity contribution in [3.8, 4) is 0 Å². The molecule has 1 aliphatic rings. The van der Waals surface area contributed by atoms with Crippen molar-refractivity contribution in [2.24, 2.45) is 0 Å². The van der Waals surface area contributed by atoms with Crippen molar-refractivity contribution < 1.29 is 9.94 Å². The van der Waals surface area contributed by atoms with Crippen LogP contribution in [0.2, 0.25) is 0 Å². The Balaban J connectivity index is 2.30. The van der Waals surface area contributed by atoms with Gasteiger partial charge in [-0.1, -0.05) is 6.92 Å². The summed E-state index contributed by atoms with van der Waals surface area (Å²) in [6.07, 6.45) is 0.955. The first kappa shape index (κ1) is 6.99. The molecule has 0 amide bonds. The highest BCUT2D eigenvalue weighted by atomic mass is 16.5. The quantitative estimate of drug-likeness (QED) is 0.562. The lowest BCUT2D eigenvalue weighted by Crippen LogP contribution is -2.42. The summed E-state index contributed by atoms with van der Waals surface area (Å²) in [4.78, 5) is 0. The van der Waals surface area contributed by atoms with Crippen molar-refractivity contribution in [1.82, 2.24) is 5.06 Å². The molecule has 1 rings (SSSR count). The second-order valence-electron chi connectivity index (χ2n) is 2.30. The summed E-state index contributed by atoms with van der Waals surface area (Å²) in [5.74, 6) is 0. The van der Waals surface area contributed by atoms with Gasteiger partial charge in [-0.05, 0) is 6.42 Å². The molecule has 0 bridgehead atoms. The lowest BCUT2D eigenvalue weighted by Gasteiger charge is -2.29. The fourth-order valence-corrected chi connectivity index (χ4v) is 0.975. The van der Waals surface area contributed by atoms with Crippen molar-refractivity contribution in [3.05, 3.63) is 0 Å². The van der Waals surface area contributed by atoms with Crippen LogP contribution in [0.1, 0.15) is 13.3 Å². The van der Waals surface area contributed by atoms with Crippen LogP contribution >= 0.6 is 0 Å². The molecule has 0 aliphatic carbocycles. The van der Waals surface area contributed by atoms with E-state index in [9.17, 15) is 0 Å². The maximum atomic E-state index is 9.12. The third kappa shape index (κ3) is 1.64. The second-order valence-corrected chi connectivity index (χ2v) is 2.30. The van der Waals surface area contributed by atoms with E-state index in [1.165, 1.54) is 5.06 Å². The highest BCUT2D eigenvalue weighted by Gasteiger charge is 2.18. The Kier molecular flexibility index (Phi) is 2.45. The summed E-state index contributed by atoms with van der Waals surface area (Å²) < 4.78 is 5.14. The van der Waals surface area contributed by atoms with E-state index < -0.39 is 0 Å². The molecular weight excluding hydrogens is 118 g/mol. The van der Waals surface area contributed by atoms with Crippen LogP contribution in [0.5, 0.6) is 0 Å². The van der Waals surface area contributed by atoms with Crippen LogP contribution in [0, 0.1) is 0 Å². The van der Waals surface area contributed by atoms with E-state index in [-0.39, 0.29) is 6.04 Å². The van der Waals surface area contributed by atoms with Crippen LogP contribution in [0.25, 0.3) is 0 Å². The van der Waals surface area contributed by atoms with Crippen molar-refractivity contribution in [3.63, 3.8) is 0 Å². The number of hydrogen-bond donors (Lipinski definition) is 1. The van der Waals surface area contributed by atoms with Gasteiger partial charge in [0.05, 0.1) is 19.3 Å². The SMILES string of the molecule is CCC1COCCN1O. The molecule has 0 spiro atoms. The van der Waals surface area contributed by atoms with Gasteiger partial charge in [0.2, 0.25) is 0 Å². The summed E-state index contributed by atoms with van der Waals surface area (Å²) in [6, 6.07) is 0.221. The first-order valence-electron chi connectivity index (χ1n) is 3.38. The predicted molar refractivity (Wildman–Crippen MR) is 33.4 cm³/mol. The Morgan fingerprint density at radius 1 is 1.78 bits per heavy atom. The second kappa shape index (κ2) is 3.15. The van der Waals surface area contributed by atoms with E-state index in [0.717, 1.165) is 6.42 Å². The van der Waals surface area contributed by atoms with E-state index in [2.05, 4.69) is 0 Å². The Hall–Kier alpha value is -0.120. The van der Waals surface area contributed by atoms with Crippen LogP contribution in [0.15, 0.2) is 0 Å². The van der Waals surface area contributed by atoms with Gasteiger partial charge >= 0.3 is 0 Å². The van der Waals surface area contributed by atoms with Gasteiger partial charge in [-0.25, -0.2) is 0 Å². The third-order valence-corrected chi connectivity index (χ3v) is 1.67. The molecule has 1 fully saturated rings. The van der Waals surface area contributed by atoms with Crippen molar-refractivity contribution in [1.29, 1.82) is 0 Å². The maximum absolute atomic E-state index is 9.12. The zero-order valence-corrected chi connectivity index (χ0v) is 5.71. The number of ether oxygens (including phenoxy) is 1. The molecule has 0 aromatic rings. The van der Waals surface area contributed by atoms with Crippen molar-refractivity contribution >= 4 is 0 Å². The number of morpholine rings is 1. The fraction of sp³-hybridized carbons (Fsp3) is 1.00. The summed E-state index contributed by atoms with van der Waals surface area (Å²) in [7, 11) is 0. The van der Waals surface area contributed by atoms with E-state index in [1.54, 1.807) is 0 Å². The van der Waals surface area contributed by atoms with E-state index >= 15 is 0 Å². The van der Waals surface area contributed by atoms with Gasteiger partial charge in [0.15, 0.2) is 0 Å². The largest absolute Gasteiger partial charge is 0.378 e. The highest BCUT2D eigenvalue weighted by molar-refractivity contribution is 4.65. The molecule has 1 atom stereocenters. The van der Waals surface area contributed by atoms with E-state index in [4.69, 9.17) is 9.94 Å². The Labute approximate surface area is 55.2 Å². The zero-order chi connectivity index (χ0) is 6.69. The van der Waals surface area contributed by atoms with Gasteiger partial charge in [0, 0.05) is 6.54 Å². The smallest absolute Gasteiger partial charge is 0.0645 e. The highest BCUT2D eigenvalue weighted by Crippen LogP contribution is 2.05. The lowest BCUT2D eigenvalue weighted by atomic mass is 10.2. The predicted octanol–water partition coefficient (Wildman–Crippen LogP) is 0.486. The normalized spacial score (nSPS) is 30.7. The molecule has 0 radical (unpaired) electrons. The van der Waals surface area contributed by atoms with Crippen molar-refractivity contribution in [2.45, 2.75) is 19.4 Å². The summed E-state index contributed by atoms with van der Waals surface area (Å²) >= 11 is 0. The molecule has 0 aromatic carbocycles. The molecule has 0 saturated carbocycles. The average molecular weight is 131 g/mol. The van der Waals surface area contributed by atoms with Gasteiger partial charge in [-0.2, -0.15) is 5.06 Å². The molecule has 9 heavy (non-hydrogen) atoms. The van der Waals surface area contributed by atoms with Crippen LogP contribution in [-0.4, -0.2) is 36.1 Å². The maximum Gasteiger partial charge on any atom is 0.0645 e. The molecule has 1 aliphatic heterocycles. The monoisotopic (exact) mass is 131 g/mol. The van der Waals surface area contributed by atoms with Gasteiger partial charge < -0.3 is 9.94 Å². The summed E-state index contributed by atoms with van der Waals surface area (Å²) in [5, 5.41) is 10.5. The van der Waals surface area contributed by atoms with Crippen LogP contribution in [0.3, 0.4) is 0 Å².